The Morgan fingerprint density at radius 3 is 2.61 bits per heavy atom. The van der Waals surface area contributed by atoms with Crippen LogP contribution >= 0.6 is 11.6 Å². The normalized spacial score (nSPS) is 17.2. The van der Waals surface area contributed by atoms with E-state index >= 15 is 0 Å². The quantitative estimate of drug-likeness (QED) is 0.246. The molecular weight excluding hydrogens is 532 g/mol. The standard InChI is InChI=1S/C33H37ClN6O/c1-22(2)21-39-17-14-24(15-18-39)36-29-20-32-30(19-28(29)38-27-8-6-16-35-33(27)41-3)37-26-7-4-5-9-31(26)40(32)25-12-10-23(34)11-13-25/h4-5,7,9-13,16,19-20,22,24,38H,6,8,14-15,17-18,21H2,1-3H3/b36-29+. The molecule has 0 aromatic heterocycles. The van der Waals surface area contributed by atoms with Crippen LogP contribution in [-0.2, 0) is 4.74 Å². The molecule has 1 aliphatic carbocycles. The summed E-state index contributed by atoms with van der Waals surface area (Å²) in [5.74, 6) is 1.29. The molecular formula is C33H37ClN6O. The lowest BCUT2D eigenvalue weighted by Crippen LogP contribution is -2.38. The number of likely N-dealkylation sites (tertiary alicyclic amines) is 1. The summed E-state index contributed by atoms with van der Waals surface area (Å²) in [6.07, 6.45) is 5.70. The molecule has 2 aromatic rings. The fourth-order valence-electron chi connectivity index (χ4n) is 5.86. The maximum absolute atomic E-state index is 6.27. The number of ether oxygens (including phenoxy) is 1. The van der Waals surface area contributed by atoms with Gasteiger partial charge >= 0.3 is 0 Å². The van der Waals surface area contributed by atoms with Crippen molar-refractivity contribution in [3.8, 4) is 17.1 Å². The maximum Gasteiger partial charge on any atom is 0.232 e. The summed E-state index contributed by atoms with van der Waals surface area (Å²) in [4.78, 5) is 17.5. The van der Waals surface area contributed by atoms with Crippen LogP contribution in [0.5, 0.6) is 0 Å². The van der Waals surface area contributed by atoms with Gasteiger partial charge in [-0.15, -0.1) is 0 Å². The Labute approximate surface area is 246 Å². The van der Waals surface area contributed by atoms with Crippen molar-refractivity contribution in [2.75, 3.05) is 32.1 Å². The van der Waals surface area contributed by atoms with Gasteiger partial charge in [-0.25, -0.2) is 9.98 Å². The number of halogens is 1. The number of benzene rings is 3. The molecule has 6 rings (SSSR count). The zero-order valence-corrected chi connectivity index (χ0v) is 24.7. The number of nitrogens with one attached hydrogen (secondary N) is 1. The van der Waals surface area contributed by atoms with E-state index in [1.54, 1.807) is 7.11 Å². The van der Waals surface area contributed by atoms with Crippen LogP contribution in [0.1, 0.15) is 39.5 Å². The Bertz CT molecular complexity index is 1630. The minimum atomic E-state index is 0.258. The number of hydrogen-bond acceptors (Lipinski definition) is 6. The molecule has 0 saturated carbocycles. The molecule has 0 atom stereocenters. The molecule has 1 N–H and O–H groups in total. The molecule has 1 fully saturated rings. The summed E-state index contributed by atoms with van der Waals surface area (Å²) in [7, 11) is 1.67. The molecule has 4 aliphatic rings. The van der Waals surface area contributed by atoms with Gasteiger partial charge in [0.1, 0.15) is 0 Å². The van der Waals surface area contributed by atoms with Gasteiger partial charge in [-0.05, 0) is 80.1 Å². The number of rotatable bonds is 7. The van der Waals surface area contributed by atoms with Gasteiger partial charge in [0, 0.05) is 36.6 Å². The van der Waals surface area contributed by atoms with Gasteiger partial charge in [0.25, 0.3) is 0 Å². The monoisotopic (exact) mass is 568 g/mol. The van der Waals surface area contributed by atoms with E-state index in [-0.39, 0.29) is 6.04 Å². The third-order valence-electron chi connectivity index (χ3n) is 7.75. The summed E-state index contributed by atoms with van der Waals surface area (Å²) in [6, 6.07) is 20.8. The molecule has 0 radical (unpaired) electrons. The van der Waals surface area contributed by atoms with Gasteiger partial charge in [-0.3, -0.25) is 4.99 Å². The smallest absolute Gasteiger partial charge is 0.232 e. The molecule has 8 heteroatoms. The fourth-order valence-corrected chi connectivity index (χ4v) is 5.98. The number of nitrogens with zero attached hydrogens (tertiary/aromatic N) is 5. The minimum absolute atomic E-state index is 0.258. The predicted octanol–water partition coefficient (Wildman–Crippen LogP) is 6.90. The van der Waals surface area contributed by atoms with Crippen LogP contribution in [-0.4, -0.2) is 53.5 Å². The Morgan fingerprint density at radius 1 is 1.07 bits per heavy atom. The van der Waals surface area contributed by atoms with Crippen molar-refractivity contribution >= 4 is 34.5 Å². The summed E-state index contributed by atoms with van der Waals surface area (Å²) < 4.78 is 7.85. The van der Waals surface area contributed by atoms with E-state index in [1.807, 2.05) is 24.4 Å². The topological polar surface area (TPSA) is 67.0 Å². The molecule has 3 heterocycles. The average molecular weight is 569 g/mol. The van der Waals surface area contributed by atoms with Crippen LogP contribution in [0.2, 0.25) is 5.02 Å². The van der Waals surface area contributed by atoms with E-state index in [4.69, 9.17) is 26.3 Å². The predicted molar refractivity (Wildman–Crippen MR) is 168 cm³/mol. The van der Waals surface area contributed by atoms with Crippen LogP contribution in [0.25, 0.3) is 28.1 Å². The van der Waals surface area contributed by atoms with Gasteiger partial charge in [-0.1, -0.05) is 37.6 Å². The van der Waals surface area contributed by atoms with Crippen molar-refractivity contribution in [3.05, 3.63) is 82.6 Å². The van der Waals surface area contributed by atoms with Crippen LogP contribution in [0.4, 0.5) is 5.69 Å². The van der Waals surface area contributed by atoms with E-state index in [1.165, 1.54) is 0 Å². The molecule has 0 spiro atoms. The van der Waals surface area contributed by atoms with Crippen molar-refractivity contribution in [3.63, 3.8) is 0 Å². The van der Waals surface area contributed by atoms with Gasteiger partial charge in [0.15, 0.2) is 0 Å². The highest BCUT2D eigenvalue weighted by Crippen LogP contribution is 2.31. The second kappa shape index (κ2) is 12.0. The van der Waals surface area contributed by atoms with Gasteiger partial charge in [0.2, 0.25) is 5.88 Å². The molecule has 0 amide bonds. The van der Waals surface area contributed by atoms with Crippen molar-refractivity contribution in [1.82, 2.24) is 14.5 Å². The lowest BCUT2D eigenvalue weighted by molar-refractivity contribution is 0.192. The Balaban J connectivity index is 1.52. The van der Waals surface area contributed by atoms with Crippen LogP contribution < -0.4 is 10.7 Å². The largest absolute Gasteiger partial charge is 0.480 e. The first kappa shape index (κ1) is 27.5. The number of aromatic nitrogens is 2. The summed E-state index contributed by atoms with van der Waals surface area (Å²) >= 11 is 6.27. The highest BCUT2D eigenvalue weighted by Gasteiger charge is 2.22. The number of anilines is 1. The third-order valence-corrected chi connectivity index (χ3v) is 8.01. The molecule has 3 aliphatic heterocycles. The molecule has 212 valence electrons. The number of piperidine rings is 1. The molecule has 2 aromatic carbocycles. The van der Waals surface area contributed by atoms with Crippen molar-refractivity contribution in [1.29, 1.82) is 0 Å². The summed E-state index contributed by atoms with van der Waals surface area (Å²) in [5.41, 5.74) is 6.74. The van der Waals surface area contributed by atoms with Crippen LogP contribution in [0.3, 0.4) is 0 Å². The van der Waals surface area contributed by atoms with Gasteiger partial charge in [-0.2, -0.15) is 0 Å². The van der Waals surface area contributed by atoms with E-state index in [2.05, 4.69) is 76.1 Å². The molecule has 7 nitrogen and oxygen atoms in total. The first-order chi connectivity index (χ1) is 20.0. The number of hydrogen-bond donors (Lipinski definition) is 1. The second-order valence-corrected chi connectivity index (χ2v) is 11.7. The van der Waals surface area contributed by atoms with E-state index in [0.29, 0.717) is 16.8 Å². The number of methoxy groups -OCH3 is 1. The number of allylic oxidation sites excluding steroid dienone is 1. The molecule has 41 heavy (non-hydrogen) atoms. The molecule has 0 bridgehead atoms. The Morgan fingerprint density at radius 2 is 1.85 bits per heavy atom. The highest BCUT2D eigenvalue weighted by atomic mass is 35.5. The van der Waals surface area contributed by atoms with Gasteiger partial charge < -0.3 is 19.5 Å². The summed E-state index contributed by atoms with van der Waals surface area (Å²) in [5, 5.41) is 5.29. The lowest BCUT2D eigenvalue weighted by Gasteiger charge is -2.31. The molecule has 1 saturated heterocycles. The van der Waals surface area contributed by atoms with Gasteiger partial charge in [0.05, 0.1) is 52.3 Å². The Kier molecular flexibility index (Phi) is 8.08. The van der Waals surface area contributed by atoms with E-state index < -0.39 is 0 Å². The zero-order chi connectivity index (χ0) is 28.3. The fraction of sp³-hybridized carbons (Fsp3) is 0.364. The first-order valence-corrected chi connectivity index (χ1v) is 14.9. The second-order valence-electron chi connectivity index (χ2n) is 11.3. The number of para-hydroxylation sites is 2. The minimum Gasteiger partial charge on any atom is -0.480 e. The third kappa shape index (κ3) is 6.02. The summed E-state index contributed by atoms with van der Waals surface area (Å²) in [6.45, 7) is 7.87. The highest BCUT2D eigenvalue weighted by molar-refractivity contribution is 6.30. The Hall–Kier alpha value is -3.68. The lowest BCUT2D eigenvalue weighted by atomic mass is 10.0. The first-order valence-electron chi connectivity index (χ1n) is 14.5. The van der Waals surface area contributed by atoms with E-state index in [0.717, 1.165) is 90.2 Å². The van der Waals surface area contributed by atoms with Crippen LogP contribution in [0, 0.1) is 5.92 Å². The van der Waals surface area contributed by atoms with Crippen molar-refractivity contribution in [2.45, 2.75) is 45.6 Å². The zero-order valence-electron chi connectivity index (χ0n) is 24.0. The average Bonchev–Trinajstić information content (AvgIpc) is 2.98. The SMILES string of the molecule is COC1=C(Nc2cc3nc4ccccc4n(-c4ccc(Cl)cc4)c-3c/c2=N\C2CCN(CC(C)C)CC2)CCC=N1. The van der Waals surface area contributed by atoms with Crippen LogP contribution in [0.15, 0.2) is 82.2 Å². The molecule has 0 unspecified atom stereocenters. The van der Waals surface area contributed by atoms with Crippen molar-refractivity contribution < 1.29 is 4.74 Å². The number of aliphatic imine (C=N–C) groups is 1. The maximum atomic E-state index is 6.27. The number of fused-ring (bicyclic) bond motifs is 2. The van der Waals surface area contributed by atoms with E-state index in [9.17, 15) is 0 Å². The van der Waals surface area contributed by atoms with Crippen molar-refractivity contribution in [2.24, 2.45) is 15.9 Å².